The second kappa shape index (κ2) is 5.17. The summed E-state index contributed by atoms with van der Waals surface area (Å²) >= 11 is 0. The quantitative estimate of drug-likeness (QED) is 0.485. The Morgan fingerprint density at radius 3 is 2.62 bits per heavy atom. The Bertz CT molecular complexity index is 244. The molecule has 0 aromatic rings. The highest BCUT2D eigenvalue weighted by molar-refractivity contribution is 5.86. The summed E-state index contributed by atoms with van der Waals surface area (Å²) in [6.45, 7) is 1.35. The minimum absolute atomic E-state index is 0.0954. The highest BCUT2D eigenvalue weighted by Gasteiger charge is 2.18. The van der Waals surface area contributed by atoms with E-state index in [4.69, 9.17) is 17.3 Å². The van der Waals surface area contributed by atoms with Crippen molar-refractivity contribution in [1.82, 2.24) is 5.32 Å². The molecule has 0 spiro atoms. The number of nitrogens with two attached hydrogens (primary N) is 1. The Hall–Kier alpha value is -1.54. The zero-order valence-electron chi connectivity index (χ0n) is 7.28. The Kier molecular flexibility index (Phi) is 4.55. The van der Waals surface area contributed by atoms with E-state index in [1.165, 1.54) is 6.92 Å². The molecule has 0 aromatic heterocycles. The van der Waals surface area contributed by atoms with Gasteiger partial charge >= 0.3 is 5.97 Å². The Morgan fingerprint density at radius 2 is 2.23 bits per heavy atom. The minimum atomic E-state index is -1.11. The molecule has 0 saturated heterocycles. The molecular weight excluding hydrogens is 172 g/mol. The Labute approximate surface area is 76.3 Å². The molecule has 72 valence electrons. The van der Waals surface area contributed by atoms with Crippen molar-refractivity contribution in [2.45, 2.75) is 25.4 Å². The largest absolute Gasteiger partial charge is 0.480 e. The van der Waals surface area contributed by atoms with E-state index < -0.39 is 24.0 Å². The van der Waals surface area contributed by atoms with Crippen molar-refractivity contribution in [3.05, 3.63) is 0 Å². The first kappa shape index (κ1) is 11.5. The third-order valence-corrected chi connectivity index (χ3v) is 1.40. The van der Waals surface area contributed by atoms with Crippen LogP contribution >= 0.6 is 0 Å². The highest BCUT2D eigenvalue weighted by Crippen LogP contribution is 1.88. The molecule has 4 N–H and O–H groups in total. The summed E-state index contributed by atoms with van der Waals surface area (Å²) in [6, 6.07) is -1.79. The lowest BCUT2D eigenvalue weighted by atomic mass is 10.2. The molecule has 2 atom stereocenters. The number of carboxylic acids is 1. The van der Waals surface area contributed by atoms with Crippen LogP contribution in [0.15, 0.2) is 0 Å². The van der Waals surface area contributed by atoms with Gasteiger partial charge in [0, 0.05) is 6.42 Å². The standard InChI is InChI=1S/C8H12N2O3/c1-3-4-6(9)7(11)10-5(2)8(12)13/h1,5-6H,4,9H2,2H3,(H,10,11)(H,12,13)/t5-,6?/m0/s1. The molecule has 0 saturated carbocycles. The van der Waals surface area contributed by atoms with Crippen LogP contribution in [0, 0.1) is 12.3 Å². The van der Waals surface area contributed by atoms with Crippen molar-refractivity contribution < 1.29 is 14.7 Å². The zero-order valence-corrected chi connectivity index (χ0v) is 7.28. The summed E-state index contributed by atoms with van der Waals surface area (Å²) in [5, 5.41) is 10.7. The van der Waals surface area contributed by atoms with Gasteiger partial charge in [0.2, 0.25) is 5.91 Å². The molecule has 0 fully saturated rings. The SMILES string of the molecule is C#CCC(N)C(=O)N[C@@H](C)C(=O)O. The molecule has 0 aliphatic carbocycles. The third kappa shape index (κ3) is 4.13. The Balaban J connectivity index is 4.01. The van der Waals surface area contributed by atoms with Crippen molar-refractivity contribution in [3.63, 3.8) is 0 Å². The maximum Gasteiger partial charge on any atom is 0.325 e. The predicted molar refractivity (Wildman–Crippen MR) is 46.7 cm³/mol. The first-order valence-electron chi connectivity index (χ1n) is 3.71. The monoisotopic (exact) mass is 184 g/mol. The summed E-state index contributed by atoms with van der Waals surface area (Å²) in [5.41, 5.74) is 5.33. The number of aliphatic carboxylic acids is 1. The van der Waals surface area contributed by atoms with E-state index in [-0.39, 0.29) is 6.42 Å². The summed E-state index contributed by atoms with van der Waals surface area (Å²) in [4.78, 5) is 21.4. The lowest BCUT2D eigenvalue weighted by molar-refractivity contribution is -0.141. The Morgan fingerprint density at radius 1 is 1.69 bits per heavy atom. The number of hydrogen-bond acceptors (Lipinski definition) is 3. The number of carbonyl (C=O) groups excluding carboxylic acids is 1. The van der Waals surface area contributed by atoms with Gasteiger partial charge in [0.15, 0.2) is 0 Å². The van der Waals surface area contributed by atoms with Crippen LogP contribution in [0.5, 0.6) is 0 Å². The van der Waals surface area contributed by atoms with Gasteiger partial charge in [0.05, 0.1) is 6.04 Å². The molecule has 5 heteroatoms. The molecule has 0 radical (unpaired) electrons. The van der Waals surface area contributed by atoms with Gasteiger partial charge in [-0.1, -0.05) is 0 Å². The topological polar surface area (TPSA) is 92.4 Å². The van der Waals surface area contributed by atoms with Crippen molar-refractivity contribution >= 4 is 11.9 Å². The van der Waals surface area contributed by atoms with E-state index in [1.807, 2.05) is 0 Å². The van der Waals surface area contributed by atoms with Gasteiger partial charge in [-0.3, -0.25) is 9.59 Å². The summed E-state index contributed by atoms with van der Waals surface area (Å²) in [5.74, 6) is 0.559. The number of terminal acetylenes is 1. The van der Waals surface area contributed by atoms with Gasteiger partial charge in [-0.05, 0) is 6.92 Å². The highest BCUT2D eigenvalue weighted by atomic mass is 16.4. The number of hydrogen-bond donors (Lipinski definition) is 3. The van der Waals surface area contributed by atoms with Crippen LogP contribution in [-0.4, -0.2) is 29.1 Å². The first-order chi connectivity index (χ1) is 5.99. The van der Waals surface area contributed by atoms with Crippen LogP contribution in [0.3, 0.4) is 0 Å². The van der Waals surface area contributed by atoms with Crippen LogP contribution < -0.4 is 11.1 Å². The van der Waals surface area contributed by atoms with E-state index in [1.54, 1.807) is 0 Å². The predicted octanol–water partition coefficient (Wildman–Crippen LogP) is -1.07. The van der Waals surface area contributed by atoms with Crippen LogP contribution in [0.4, 0.5) is 0 Å². The van der Waals surface area contributed by atoms with Gasteiger partial charge in [-0.25, -0.2) is 0 Å². The van der Waals surface area contributed by atoms with Crippen molar-refractivity contribution in [2.24, 2.45) is 5.73 Å². The van der Waals surface area contributed by atoms with E-state index >= 15 is 0 Å². The smallest absolute Gasteiger partial charge is 0.325 e. The summed E-state index contributed by atoms with van der Waals surface area (Å²) in [6.07, 6.45) is 5.03. The zero-order chi connectivity index (χ0) is 10.4. The van der Waals surface area contributed by atoms with E-state index in [9.17, 15) is 9.59 Å². The van der Waals surface area contributed by atoms with E-state index in [0.717, 1.165) is 0 Å². The molecule has 0 rings (SSSR count). The lowest BCUT2D eigenvalue weighted by Crippen LogP contribution is -2.46. The van der Waals surface area contributed by atoms with Crippen LogP contribution in [0.2, 0.25) is 0 Å². The van der Waals surface area contributed by atoms with Gasteiger partial charge < -0.3 is 16.2 Å². The molecule has 1 unspecified atom stereocenters. The fourth-order valence-corrected chi connectivity index (χ4v) is 0.602. The number of amides is 1. The number of rotatable bonds is 4. The van der Waals surface area contributed by atoms with E-state index in [2.05, 4.69) is 11.2 Å². The van der Waals surface area contributed by atoms with Crippen molar-refractivity contribution in [3.8, 4) is 12.3 Å². The minimum Gasteiger partial charge on any atom is -0.480 e. The van der Waals surface area contributed by atoms with Crippen LogP contribution in [0.25, 0.3) is 0 Å². The second-order valence-electron chi connectivity index (χ2n) is 2.58. The van der Waals surface area contributed by atoms with Crippen LogP contribution in [0.1, 0.15) is 13.3 Å². The molecule has 5 nitrogen and oxygen atoms in total. The molecular formula is C8H12N2O3. The van der Waals surface area contributed by atoms with Gasteiger partial charge in [0.25, 0.3) is 0 Å². The van der Waals surface area contributed by atoms with Crippen molar-refractivity contribution in [1.29, 1.82) is 0 Å². The summed E-state index contributed by atoms with van der Waals surface area (Å²) < 4.78 is 0. The number of nitrogens with one attached hydrogen (secondary N) is 1. The van der Waals surface area contributed by atoms with Gasteiger partial charge in [0.1, 0.15) is 6.04 Å². The average molecular weight is 184 g/mol. The number of carbonyl (C=O) groups is 2. The van der Waals surface area contributed by atoms with Crippen molar-refractivity contribution in [2.75, 3.05) is 0 Å². The normalized spacial score (nSPS) is 13.9. The molecule has 0 aliphatic heterocycles. The molecule has 0 heterocycles. The maximum atomic E-state index is 11.1. The number of carboxylic acid groups (broad SMARTS) is 1. The third-order valence-electron chi connectivity index (χ3n) is 1.40. The summed E-state index contributed by atoms with van der Waals surface area (Å²) in [7, 11) is 0. The molecule has 0 bridgehead atoms. The average Bonchev–Trinajstić information content (AvgIpc) is 2.04. The van der Waals surface area contributed by atoms with Crippen LogP contribution in [-0.2, 0) is 9.59 Å². The van der Waals surface area contributed by atoms with Gasteiger partial charge in [-0.2, -0.15) is 0 Å². The molecule has 13 heavy (non-hydrogen) atoms. The maximum absolute atomic E-state index is 11.1. The van der Waals surface area contributed by atoms with E-state index in [0.29, 0.717) is 0 Å². The molecule has 0 aliphatic rings. The second-order valence-corrected chi connectivity index (χ2v) is 2.58. The molecule has 0 aromatic carbocycles. The van der Waals surface area contributed by atoms with Gasteiger partial charge in [-0.15, -0.1) is 12.3 Å². The lowest BCUT2D eigenvalue weighted by Gasteiger charge is -2.12. The fourth-order valence-electron chi connectivity index (χ4n) is 0.602. The fraction of sp³-hybridized carbons (Fsp3) is 0.500. The molecule has 1 amide bonds. The first-order valence-corrected chi connectivity index (χ1v) is 3.71.